The second kappa shape index (κ2) is 10.0. The van der Waals surface area contributed by atoms with Gasteiger partial charge >= 0.3 is 0 Å². The Morgan fingerprint density at radius 2 is 1.50 bits per heavy atom. The number of hydrogen-bond donors (Lipinski definition) is 2. The van der Waals surface area contributed by atoms with E-state index in [1.807, 2.05) is 0 Å². The molecule has 0 amide bonds. The summed E-state index contributed by atoms with van der Waals surface area (Å²) in [7, 11) is 0. The van der Waals surface area contributed by atoms with Crippen molar-refractivity contribution in [2.45, 2.75) is 33.6 Å². The molecule has 6 N–H and O–H groups in total. The first-order valence-corrected chi connectivity index (χ1v) is 2.77. The molecule has 0 radical (unpaired) electrons. The molecule has 0 unspecified atom stereocenters. The molecule has 0 aliphatic heterocycles. The third-order valence-electron chi connectivity index (χ3n) is 0.866. The molecule has 0 bridgehead atoms. The molecule has 0 saturated carbocycles. The van der Waals surface area contributed by atoms with Crippen molar-refractivity contribution in [3.63, 3.8) is 0 Å². The minimum Gasteiger partial charge on any atom is -0.344 e. The summed E-state index contributed by atoms with van der Waals surface area (Å²) in [6, 6.07) is 0. The second-order valence-electron chi connectivity index (χ2n) is 2.18. The average molecular weight is 120 g/mol. The Morgan fingerprint density at radius 1 is 1.12 bits per heavy atom. The molecule has 0 saturated heterocycles. The minimum absolute atomic E-state index is 0. The topological polar surface area (TPSA) is 70.0 Å². The Balaban J connectivity index is -0.000000125. The van der Waals surface area contributed by atoms with Crippen molar-refractivity contribution in [3.8, 4) is 0 Å². The monoisotopic (exact) mass is 120 g/mol. The molecule has 0 fully saturated rings. The first-order chi connectivity index (χ1) is 2.77. The molecule has 0 atom stereocenters. The van der Waals surface area contributed by atoms with Crippen LogP contribution in [0, 0.1) is 5.92 Å². The zero-order valence-electron chi connectivity index (χ0n) is 6.41. The van der Waals surface area contributed by atoms with Gasteiger partial charge in [-0.1, -0.05) is 33.6 Å². The number of hydrogen-bond acceptors (Lipinski definition) is 2. The standard InChI is InChI=1S/C6H14.2H3N/c1-4-5-6(2)3;;/h6H,4-5H2,1-3H3;2*1H3. The van der Waals surface area contributed by atoms with Gasteiger partial charge in [0.05, 0.1) is 0 Å². The molecule has 0 aromatic heterocycles. The summed E-state index contributed by atoms with van der Waals surface area (Å²) in [6.07, 6.45) is 2.71. The van der Waals surface area contributed by atoms with Gasteiger partial charge in [-0.05, 0) is 5.92 Å². The maximum absolute atomic E-state index is 2.25. The molecule has 0 aliphatic rings. The van der Waals surface area contributed by atoms with Gasteiger partial charge in [-0.15, -0.1) is 0 Å². The van der Waals surface area contributed by atoms with Crippen molar-refractivity contribution < 1.29 is 0 Å². The smallest absolute Gasteiger partial charge is 0.0471 e. The molecule has 8 heavy (non-hydrogen) atoms. The highest BCUT2D eigenvalue weighted by Crippen LogP contribution is 2.00. The molecule has 0 aliphatic carbocycles. The first-order valence-electron chi connectivity index (χ1n) is 2.77. The third kappa shape index (κ3) is 16.8. The fourth-order valence-electron chi connectivity index (χ4n) is 0.577. The van der Waals surface area contributed by atoms with E-state index in [0.29, 0.717) is 0 Å². The van der Waals surface area contributed by atoms with E-state index in [0.717, 1.165) is 5.92 Å². The van der Waals surface area contributed by atoms with Crippen molar-refractivity contribution in [1.82, 2.24) is 12.3 Å². The summed E-state index contributed by atoms with van der Waals surface area (Å²) >= 11 is 0. The summed E-state index contributed by atoms with van der Waals surface area (Å²) < 4.78 is 0. The molecule has 0 heterocycles. The Morgan fingerprint density at radius 3 is 1.50 bits per heavy atom. The molecule has 0 aromatic carbocycles. The molecule has 0 rings (SSSR count). The maximum atomic E-state index is 2.25. The van der Waals surface area contributed by atoms with Gasteiger partial charge in [0.1, 0.15) is 0 Å². The van der Waals surface area contributed by atoms with E-state index >= 15 is 0 Å². The molecular weight excluding hydrogens is 100 g/mol. The van der Waals surface area contributed by atoms with Crippen LogP contribution in [0.25, 0.3) is 0 Å². The fraction of sp³-hybridized carbons (Fsp3) is 1.00. The van der Waals surface area contributed by atoms with Crippen LogP contribution in [-0.4, -0.2) is 0 Å². The van der Waals surface area contributed by atoms with Crippen LogP contribution < -0.4 is 12.3 Å². The van der Waals surface area contributed by atoms with Gasteiger partial charge in [-0.3, -0.25) is 0 Å². The van der Waals surface area contributed by atoms with E-state index in [-0.39, 0.29) is 12.3 Å². The van der Waals surface area contributed by atoms with Crippen molar-refractivity contribution in [2.75, 3.05) is 0 Å². The van der Waals surface area contributed by atoms with Crippen LogP contribution in [-0.2, 0) is 0 Å². The SMILES string of the molecule is CCCC(C)C.N.N. The summed E-state index contributed by atoms with van der Waals surface area (Å²) in [6.45, 7) is 6.73. The van der Waals surface area contributed by atoms with Crippen LogP contribution in [0.3, 0.4) is 0 Å². The molecule has 2 nitrogen and oxygen atoms in total. The second-order valence-corrected chi connectivity index (χ2v) is 2.18. The van der Waals surface area contributed by atoms with E-state index in [2.05, 4.69) is 20.8 Å². The molecule has 0 spiro atoms. The lowest BCUT2D eigenvalue weighted by Gasteiger charge is -1.95. The van der Waals surface area contributed by atoms with Crippen LogP contribution in [0.2, 0.25) is 0 Å². The van der Waals surface area contributed by atoms with Gasteiger partial charge in [-0.2, -0.15) is 0 Å². The van der Waals surface area contributed by atoms with Gasteiger partial charge in [0.25, 0.3) is 0 Å². The van der Waals surface area contributed by atoms with Gasteiger partial charge in [-0.25, -0.2) is 0 Å². The zero-order valence-corrected chi connectivity index (χ0v) is 6.41. The average Bonchev–Trinajstić information content (AvgIpc) is 1.35. The summed E-state index contributed by atoms with van der Waals surface area (Å²) in [5.41, 5.74) is 0. The van der Waals surface area contributed by atoms with Crippen molar-refractivity contribution in [3.05, 3.63) is 0 Å². The van der Waals surface area contributed by atoms with Gasteiger partial charge in [0.2, 0.25) is 0 Å². The number of rotatable bonds is 2. The predicted octanol–water partition coefficient (Wildman–Crippen LogP) is 2.77. The lowest BCUT2D eigenvalue weighted by molar-refractivity contribution is 0.576. The summed E-state index contributed by atoms with van der Waals surface area (Å²) in [5, 5.41) is 0. The highest BCUT2D eigenvalue weighted by Gasteiger charge is 1.85. The molecular formula is C6H20N2. The minimum atomic E-state index is 0. The van der Waals surface area contributed by atoms with Gasteiger partial charge < -0.3 is 12.3 Å². The fourth-order valence-corrected chi connectivity index (χ4v) is 0.577. The van der Waals surface area contributed by atoms with Crippen LogP contribution in [0.1, 0.15) is 33.6 Å². The maximum Gasteiger partial charge on any atom is -0.0471 e. The first kappa shape index (κ1) is 15.7. The van der Waals surface area contributed by atoms with Crippen LogP contribution in [0.15, 0.2) is 0 Å². The van der Waals surface area contributed by atoms with Crippen LogP contribution in [0.4, 0.5) is 0 Å². The molecule has 54 valence electrons. The Hall–Kier alpha value is -0.0800. The molecule has 2 heteroatoms. The van der Waals surface area contributed by atoms with Gasteiger partial charge in [0, 0.05) is 0 Å². The van der Waals surface area contributed by atoms with Crippen molar-refractivity contribution in [1.29, 1.82) is 0 Å². The Kier molecular flexibility index (Phi) is 19.6. The summed E-state index contributed by atoms with van der Waals surface area (Å²) in [5.74, 6) is 0.898. The van der Waals surface area contributed by atoms with Crippen LogP contribution in [0.5, 0.6) is 0 Å². The zero-order chi connectivity index (χ0) is 4.99. The van der Waals surface area contributed by atoms with E-state index in [1.165, 1.54) is 12.8 Å². The van der Waals surface area contributed by atoms with E-state index in [4.69, 9.17) is 0 Å². The Bertz CT molecular complexity index is 27.7. The summed E-state index contributed by atoms with van der Waals surface area (Å²) in [4.78, 5) is 0. The van der Waals surface area contributed by atoms with E-state index in [1.54, 1.807) is 0 Å². The van der Waals surface area contributed by atoms with Crippen molar-refractivity contribution >= 4 is 0 Å². The lowest BCUT2D eigenvalue weighted by atomic mass is 10.1. The lowest BCUT2D eigenvalue weighted by Crippen LogP contribution is -1.81. The normalized spacial score (nSPS) is 7.50. The highest BCUT2D eigenvalue weighted by atomic mass is 14.0. The predicted molar refractivity (Wildman–Crippen MR) is 39.8 cm³/mol. The van der Waals surface area contributed by atoms with E-state index < -0.39 is 0 Å². The largest absolute Gasteiger partial charge is 0.344 e. The molecule has 0 aromatic rings. The van der Waals surface area contributed by atoms with Gasteiger partial charge in [0.15, 0.2) is 0 Å². The Labute approximate surface area is 52.8 Å². The quantitative estimate of drug-likeness (QED) is 0.588. The third-order valence-corrected chi connectivity index (χ3v) is 0.866. The highest BCUT2D eigenvalue weighted by molar-refractivity contribution is 4.38. The van der Waals surface area contributed by atoms with E-state index in [9.17, 15) is 0 Å². The van der Waals surface area contributed by atoms with Crippen molar-refractivity contribution in [2.24, 2.45) is 5.92 Å². The van der Waals surface area contributed by atoms with Crippen LogP contribution >= 0.6 is 0 Å².